The average Bonchev–Trinajstić information content (AvgIpc) is 1.48. The average molecular weight is 1280 g/mol. The molecule has 0 atom stereocenters. The van der Waals surface area contributed by atoms with Crippen LogP contribution in [-0.2, 0) is 0 Å². The van der Waals surface area contributed by atoms with Gasteiger partial charge >= 0.3 is 0 Å². The summed E-state index contributed by atoms with van der Waals surface area (Å²) >= 11 is 15.4. The molecule has 0 fully saturated rings. The smallest absolute Gasteiger partial charge is 0.0527 e. The first-order valence-electron chi connectivity index (χ1n) is 30.1. The summed E-state index contributed by atoms with van der Waals surface area (Å²) in [4.78, 5) is 7.86. The van der Waals surface area contributed by atoms with Gasteiger partial charge in [0, 0.05) is 62.6 Å². The van der Waals surface area contributed by atoms with Crippen LogP contribution in [0.4, 0.5) is 0 Å². The molecular weight excluding hydrogens is 1240 g/mol. The fourth-order valence-electron chi connectivity index (χ4n) is 14.9. The largest absolute Gasteiger partial charge is 0.142 e. The molecule has 13 aromatic carbocycles. The van der Waals surface area contributed by atoms with Gasteiger partial charge in [-0.3, -0.25) is 0 Å². The van der Waals surface area contributed by atoms with E-state index in [-0.39, 0.29) is 0 Å². The molecule has 0 spiro atoms. The van der Waals surface area contributed by atoms with Crippen LogP contribution in [0.15, 0.2) is 253 Å². The first kappa shape index (κ1) is 50.9. The molecule has 8 heterocycles. The minimum absolute atomic E-state index is 1.29. The molecule has 0 unspecified atom stereocenters. The van der Waals surface area contributed by atoms with Crippen LogP contribution in [0.25, 0.3) is 208 Å². The predicted octanol–water partition coefficient (Wildman–Crippen LogP) is 28.3. The molecule has 0 aliphatic heterocycles. The van der Waals surface area contributed by atoms with E-state index in [1.807, 2.05) is 90.7 Å². The van der Waals surface area contributed by atoms with E-state index in [1.54, 1.807) is 0 Å². The summed E-state index contributed by atoms with van der Waals surface area (Å²) in [6.07, 6.45) is 0. The molecular formula is C82H42S8. The Hall–Kier alpha value is -8.90. The summed E-state index contributed by atoms with van der Waals surface area (Å²) in [5, 5.41) is 30.5. The van der Waals surface area contributed by atoms with Crippen molar-refractivity contribution >= 4 is 236 Å². The first-order chi connectivity index (χ1) is 44.6. The summed E-state index contributed by atoms with van der Waals surface area (Å²) in [6.45, 7) is 0. The Morgan fingerprint density at radius 3 is 0.511 bits per heavy atom. The van der Waals surface area contributed by atoms with Gasteiger partial charge in [0.05, 0.1) is 37.6 Å². The lowest BCUT2D eigenvalue weighted by Crippen LogP contribution is -1.88. The fourth-order valence-corrected chi connectivity index (χ4v) is 24.8. The van der Waals surface area contributed by atoms with Crippen LogP contribution in [0.5, 0.6) is 0 Å². The monoisotopic (exact) mass is 1280 g/mol. The van der Waals surface area contributed by atoms with Crippen LogP contribution >= 0.6 is 90.7 Å². The Morgan fingerprint density at radius 1 is 0.156 bits per heavy atom. The Labute approximate surface area is 546 Å². The Bertz CT molecular complexity index is 6100. The van der Waals surface area contributed by atoms with Crippen LogP contribution in [0.3, 0.4) is 0 Å². The van der Waals surface area contributed by atoms with Crippen molar-refractivity contribution in [3.8, 4) is 62.6 Å². The molecule has 0 nitrogen and oxygen atoms in total. The number of rotatable bonds is 6. The van der Waals surface area contributed by atoms with E-state index in [4.69, 9.17) is 0 Å². The fraction of sp³-hybridized carbons (Fsp3) is 0. The highest BCUT2D eigenvalue weighted by atomic mass is 32.1. The Kier molecular flexibility index (Phi) is 10.9. The highest BCUT2D eigenvalue weighted by Crippen LogP contribution is 2.56. The zero-order chi connectivity index (χ0) is 58.4. The second-order valence-corrected chi connectivity index (χ2v) is 31.8. The van der Waals surface area contributed by atoms with Gasteiger partial charge in [-0.1, -0.05) is 194 Å². The Morgan fingerprint density at radius 2 is 0.322 bits per heavy atom. The SMILES string of the molecule is c1ccc2c(-c3cc4ccc5cc(-c6c7ccccc7c(-c7cc8ccc9cc(-c%10c%11ccccc%11c(-c%11cc%12ccc%13ccsc%13c%12s%11)c%11ccccc%10%11)sc9c8s7)c7ccccc67)sc5c4s3)c3ccccc3c(-c3cc4ccc5ccsc5c4s3)c2c1. The van der Waals surface area contributed by atoms with Gasteiger partial charge in [-0.15, -0.1) is 90.7 Å². The number of benzene rings is 13. The number of thiophene rings is 8. The molecule has 90 heavy (non-hydrogen) atoms. The second-order valence-electron chi connectivity index (χ2n) is 23.6. The minimum Gasteiger partial charge on any atom is -0.142 e. The lowest BCUT2D eigenvalue weighted by atomic mass is 9.90. The van der Waals surface area contributed by atoms with Gasteiger partial charge in [0.25, 0.3) is 0 Å². The number of hydrogen-bond donors (Lipinski definition) is 0. The van der Waals surface area contributed by atoms with Gasteiger partial charge in [-0.05, 0) is 167 Å². The van der Waals surface area contributed by atoms with Gasteiger partial charge in [0.2, 0.25) is 0 Å². The highest BCUT2D eigenvalue weighted by Gasteiger charge is 2.26. The lowest BCUT2D eigenvalue weighted by molar-refractivity contribution is 1.75. The summed E-state index contributed by atoms with van der Waals surface area (Å²) in [5.74, 6) is 0. The van der Waals surface area contributed by atoms with Crippen molar-refractivity contribution in [2.45, 2.75) is 0 Å². The maximum atomic E-state index is 2.47. The van der Waals surface area contributed by atoms with Crippen LogP contribution in [0.2, 0.25) is 0 Å². The third kappa shape index (κ3) is 7.30. The van der Waals surface area contributed by atoms with Crippen LogP contribution in [0, 0.1) is 0 Å². The molecule has 0 aliphatic carbocycles. The molecule has 0 N–H and O–H groups in total. The minimum atomic E-state index is 1.29. The van der Waals surface area contributed by atoms with Crippen LogP contribution in [-0.4, -0.2) is 0 Å². The summed E-state index contributed by atoms with van der Waals surface area (Å²) in [7, 11) is 0. The molecule has 8 heteroatoms. The molecule has 418 valence electrons. The molecule has 0 saturated carbocycles. The van der Waals surface area contributed by atoms with Crippen molar-refractivity contribution in [2.75, 3.05) is 0 Å². The molecule has 0 aliphatic rings. The van der Waals surface area contributed by atoms with E-state index >= 15 is 0 Å². The molecule has 21 rings (SSSR count). The van der Waals surface area contributed by atoms with Crippen LogP contribution < -0.4 is 0 Å². The zero-order valence-corrected chi connectivity index (χ0v) is 54.0. The second kappa shape index (κ2) is 19.3. The molecule has 21 aromatic rings. The maximum absolute atomic E-state index is 2.47. The van der Waals surface area contributed by atoms with Gasteiger partial charge < -0.3 is 0 Å². The topological polar surface area (TPSA) is 0 Å². The van der Waals surface area contributed by atoms with E-state index < -0.39 is 0 Å². The number of hydrogen-bond acceptors (Lipinski definition) is 8. The van der Waals surface area contributed by atoms with E-state index in [2.05, 4.69) is 253 Å². The standard InChI is InChI=1S/C82H42S8/c1-5-17-55-51(13-1)69(63-37-45-27-25-43-33-35-83-75(43)77(45)85-63)52-14-2-6-18-56(52)71(55)65-39-47-29-31-49-41-67(89-81(49)79(47)87-65)73-59-21-9-11-23-61(59)74(62-24-12-10-22-60(62)73)68-42-50-32-30-48-40-66(88-80(48)82(50)90-68)72-57-19-7-3-15-53(57)70(54-16-4-8-20-58(54)72)64-38-46-28-26-44-34-36-84-76(44)78(46)86-64/h1-42H. The Balaban J connectivity index is 0.698. The van der Waals surface area contributed by atoms with Gasteiger partial charge in [0.1, 0.15) is 0 Å². The van der Waals surface area contributed by atoms with Crippen molar-refractivity contribution in [3.05, 3.63) is 253 Å². The molecule has 0 bridgehead atoms. The summed E-state index contributed by atoms with van der Waals surface area (Å²) in [6, 6.07) is 92.8. The third-order valence-corrected chi connectivity index (χ3v) is 28.4. The quantitative estimate of drug-likeness (QED) is 0.146. The van der Waals surface area contributed by atoms with Gasteiger partial charge in [0.15, 0.2) is 0 Å². The summed E-state index contributed by atoms with van der Waals surface area (Å²) < 4.78 is 10.9. The van der Waals surface area contributed by atoms with E-state index in [9.17, 15) is 0 Å². The predicted molar refractivity (Wildman–Crippen MR) is 407 cm³/mol. The zero-order valence-electron chi connectivity index (χ0n) is 47.5. The number of fused-ring (bicyclic) bond motifs is 18. The maximum Gasteiger partial charge on any atom is 0.0527 e. The molecule has 0 radical (unpaired) electrons. The van der Waals surface area contributed by atoms with Crippen molar-refractivity contribution in [3.63, 3.8) is 0 Å². The summed E-state index contributed by atoms with van der Waals surface area (Å²) in [5.41, 5.74) is 7.93. The van der Waals surface area contributed by atoms with E-state index in [0.29, 0.717) is 0 Å². The van der Waals surface area contributed by atoms with E-state index in [0.717, 1.165) is 0 Å². The molecule has 0 saturated heterocycles. The van der Waals surface area contributed by atoms with Gasteiger partial charge in [-0.25, -0.2) is 0 Å². The lowest BCUT2D eigenvalue weighted by Gasteiger charge is -2.15. The van der Waals surface area contributed by atoms with Crippen molar-refractivity contribution in [1.82, 2.24) is 0 Å². The molecule has 8 aromatic heterocycles. The van der Waals surface area contributed by atoms with Crippen molar-refractivity contribution < 1.29 is 0 Å². The van der Waals surface area contributed by atoms with Crippen molar-refractivity contribution in [1.29, 1.82) is 0 Å². The molecule has 0 amide bonds. The normalized spacial score (nSPS) is 12.4. The van der Waals surface area contributed by atoms with E-state index in [1.165, 1.54) is 208 Å². The third-order valence-electron chi connectivity index (χ3n) is 18.8. The van der Waals surface area contributed by atoms with Crippen molar-refractivity contribution in [2.24, 2.45) is 0 Å². The first-order valence-corrected chi connectivity index (χ1v) is 36.8. The van der Waals surface area contributed by atoms with Crippen LogP contribution in [0.1, 0.15) is 0 Å². The highest BCUT2D eigenvalue weighted by molar-refractivity contribution is 7.32. The van der Waals surface area contributed by atoms with Gasteiger partial charge in [-0.2, -0.15) is 0 Å².